The van der Waals surface area contributed by atoms with E-state index in [1.54, 1.807) is 0 Å². The number of halogens is 2. The summed E-state index contributed by atoms with van der Waals surface area (Å²) in [6.45, 7) is 2.43. The first-order valence-electron chi connectivity index (χ1n) is 11.7. The molecule has 2 aliphatic heterocycles. The predicted molar refractivity (Wildman–Crippen MR) is 120 cm³/mol. The number of carbonyl (C=O) groups excluding carboxylic acids is 2. The van der Waals surface area contributed by atoms with Gasteiger partial charge in [0.1, 0.15) is 13.2 Å². The normalized spacial score (nSPS) is 21.6. The minimum Gasteiger partial charge on any atom is -0.486 e. The van der Waals surface area contributed by atoms with Gasteiger partial charge in [0.05, 0.1) is 5.92 Å². The minimum atomic E-state index is -1.08. The summed E-state index contributed by atoms with van der Waals surface area (Å²) in [5, 5.41) is 6.13. The number of fused-ring (bicyclic) bond motifs is 1. The lowest BCUT2D eigenvalue weighted by Gasteiger charge is -2.36. The molecule has 2 N–H and O–H groups in total. The molecule has 2 fully saturated rings. The maximum Gasteiger partial charge on any atom is 0.251 e. The van der Waals surface area contributed by atoms with Crippen molar-refractivity contribution in [1.29, 1.82) is 0 Å². The Kier molecular flexibility index (Phi) is 6.36. The Morgan fingerprint density at radius 1 is 1.06 bits per heavy atom. The summed E-state index contributed by atoms with van der Waals surface area (Å²) in [5.41, 5.74) is 0.916. The van der Waals surface area contributed by atoms with Crippen LogP contribution in [0.3, 0.4) is 0 Å². The van der Waals surface area contributed by atoms with E-state index in [1.165, 1.54) is 6.07 Å². The van der Waals surface area contributed by atoms with E-state index in [9.17, 15) is 18.4 Å². The van der Waals surface area contributed by atoms with Crippen LogP contribution in [-0.4, -0.2) is 55.1 Å². The molecule has 7 nitrogen and oxygen atoms in total. The van der Waals surface area contributed by atoms with Gasteiger partial charge in [-0.25, -0.2) is 8.78 Å². The molecule has 1 saturated carbocycles. The van der Waals surface area contributed by atoms with E-state index in [0.717, 1.165) is 30.5 Å². The second-order valence-corrected chi connectivity index (χ2v) is 8.95. The fourth-order valence-electron chi connectivity index (χ4n) is 4.61. The standard InChI is InChI=1S/C25H27F2N3O4/c26-19-7-4-15(12-20(19)27)24(31)29-21-8-9-28-13-18(21)25(32)30(17-5-6-17)14-16-2-1-3-22-23(16)34-11-10-33-22/h1-4,7,12,17-18,21,28H,5-6,8-11,13-14H2,(H,29,31). The number of hydrogen-bond acceptors (Lipinski definition) is 5. The second-order valence-electron chi connectivity index (χ2n) is 8.95. The van der Waals surface area contributed by atoms with E-state index in [1.807, 2.05) is 23.1 Å². The van der Waals surface area contributed by atoms with Crippen molar-refractivity contribution in [2.45, 2.75) is 37.9 Å². The highest BCUT2D eigenvalue weighted by atomic mass is 19.2. The highest BCUT2D eigenvalue weighted by Gasteiger charge is 2.40. The van der Waals surface area contributed by atoms with E-state index in [-0.39, 0.29) is 17.5 Å². The summed E-state index contributed by atoms with van der Waals surface area (Å²) >= 11 is 0. The van der Waals surface area contributed by atoms with Crippen molar-refractivity contribution in [2.75, 3.05) is 26.3 Å². The first-order valence-corrected chi connectivity index (χ1v) is 11.7. The van der Waals surface area contributed by atoms with Crippen molar-refractivity contribution in [3.05, 3.63) is 59.2 Å². The first kappa shape index (κ1) is 22.6. The van der Waals surface area contributed by atoms with Crippen molar-refractivity contribution in [3.63, 3.8) is 0 Å². The van der Waals surface area contributed by atoms with Gasteiger partial charge in [-0.15, -0.1) is 0 Å². The van der Waals surface area contributed by atoms with Gasteiger partial charge in [-0.05, 0) is 50.1 Å². The number of para-hydroxylation sites is 1. The van der Waals surface area contributed by atoms with Gasteiger partial charge in [-0.1, -0.05) is 12.1 Å². The number of benzene rings is 2. The average Bonchev–Trinajstić information content (AvgIpc) is 3.69. The quantitative estimate of drug-likeness (QED) is 0.677. The molecule has 2 aromatic carbocycles. The van der Waals surface area contributed by atoms with Crippen LogP contribution in [0.5, 0.6) is 11.5 Å². The topological polar surface area (TPSA) is 79.9 Å². The molecule has 0 spiro atoms. The van der Waals surface area contributed by atoms with Gasteiger partial charge in [0, 0.05) is 36.3 Å². The van der Waals surface area contributed by atoms with Crippen LogP contribution in [0.4, 0.5) is 8.78 Å². The molecule has 2 atom stereocenters. The molecule has 0 aromatic heterocycles. The van der Waals surface area contributed by atoms with Gasteiger partial charge in [-0.3, -0.25) is 9.59 Å². The molecular formula is C25H27F2N3O4. The molecule has 180 valence electrons. The Morgan fingerprint density at radius 3 is 2.68 bits per heavy atom. The zero-order valence-corrected chi connectivity index (χ0v) is 18.7. The van der Waals surface area contributed by atoms with Gasteiger partial charge in [0.15, 0.2) is 23.1 Å². The molecule has 1 saturated heterocycles. The Labute approximate surface area is 196 Å². The maximum atomic E-state index is 13.7. The predicted octanol–water partition coefficient (Wildman–Crippen LogP) is 2.64. The molecule has 2 aromatic rings. The van der Waals surface area contributed by atoms with Crippen molar-refractivity contribution in [1.82, 2.24) is 15.5 Å². The Hall–Kier alpha value is -3.20. The third-order valence-electron chi connectivity index (χ3n) is 6.56. The maximum absolute atomic E-state index is 13.7. The van der Waals surface area contributed by atoms with E-state index in [2.05, 4.69) is 10.6 Å². The van der Waals surface area contributed by atoms with Crippen LogP contribution in [0.15, 0.2) is 36.4 Å². The monoisotopic (exact) mass is 471 g/mol. The summed E-state index contributed by atoms with van der Waals surface area (Å²) in [5.74, 6) is -1.77. The van der Waals surface area contributed by atoms with Crippen LogP contribution in [0, 0.1) is 17.6 Å². The van der Waals surface area contributed by atoms with Gasteiger partial charge < -0.3 is 25.0 Å². The Morgan fingerprint density at radius 2 is 1.88 bits per heavy atom. The number of ether oxygens (including phenoxy) is 2. The fourth-order valence-corrected chi connectivity index (χ4v) is 4.61. The van der Waals surface area contributed by atoms with Gasteiger partial charge in [0.25, 0.3) is 5.91 Å². The second kappa shape index (κ2) is 9.58. The van der Waals surface area contributed by atoms with E-state index in [4.69, 9.17) is 9.47 Å². The van der Waals surface area contributed by atoms with Gasteiger partial charge >= 0.3 is 0 Å². The molecule has 3 aliphatic rings. The lowest BCUT2D eigenvalue weighted by molar-refractivity contribution is -0.138. The third kappa shape index (κ3) is 4.70. The Bertz CT molecular complexity index is 1090. The first-order chi connectivity index (χ1) is 16.5. The number of nitrogens with zero attached hydrogens (tertiary/aromatic N) is 1. The molecule has 0 bridgehead atoms. The molecule has 34 heavy (non-hydrogen) atoms. The SMILES string of the molecule is O=C(NC1CCNCC1C(=O)N(Cc1cccc2c1OCCO2)C1CC1)c1ccc(F)c(F)c1. The summed E-state index contributed by atoms with van der Waals surface area (Å²) in [6.07, 6.45) is 2.43. The molecule has 5 rings (SSSR count). The number of hydrogen-bond donors (Lipinski definition) is 2. The lowest BCUT2D eigenvalue weighted by atomic mass is 9.91. The molecule has 2 heterocycles. The third-order valence-corrected chi connectivity index (χ3v) is 6.56. The number of amides is 2. The number of piperidine rings is 1. The van der Waals surface area contributed by atoms with Gasteiger partial charge in [-0.2, -0.15) is 0 Å². The molecule has 2 amide bonds. The van der Waals surface area contributed by atoms with Crippen molar-refractivity contribution in [2.24, 2.45) is 5.92 Å². The molecular weight excluding hydrogens is 444 g/mol. The van der Waals surface area contributed by atoms with Crippen LogP contribution < -0.4 is 20.1 Å². The number of rotatable bonds is 6. The van der Waals surface area contributed by atoms with E-state index >= 15 is 0 Å². The van der Waals surface area contributed by atoms with Crippen molar-refractivity contribution in [3.8, 4) is 11.5 Å². The van der Waals surface area contributed by atoms with Crippen LogP contribution in [-0.2, 0) is 11.3 Å². The summed E-state index contributed by atoms with van der Waals surface area (Å²) < 4.78 is 38.4. The van der Waals surface area contributed by atoms with Crippen molar-refractivity contribution < 1.29 is 27.8 Å². The van der Waals surface area contributed by atoms with E-state index < -0.39 is 29.5 Å². The lowest BCUT2D eigenvalue weighted by Crippen LogP contribution is -2.55. The largest absolute Gasteiger partial charge is 0.486 e. The molecule has 1 aliphatic carbocycles. The molecule has 9 heteroatoms. The highest BCUT2D eigenvalue weighted by Crippen LogP contribution is 2.37. The average molecular weight is 472 g/mol. The van der Waals surface area contributed by atoms with Gasteiger partial charge in [0.2, 0.25) is 5.91 Å². The smallest absolute Gasteiger partial charge is 0.251 e. The van der Waals surface area contributed by atoms with E-state index in [0.29, 0.717) is 50.8 Å². The fraction of sp³-hybridized carbons (Fsp3) is 0.440. The number of nitrogens with one attached hydrogen (secondary N) is 2. The summed E-state index contributed by atoms with van der Waals surface area (Å²) in [7, 11) is 0. The Balaban J connectivity index is 1.33. The highest BCUT2D eigenvalue weighted by molar-refractivity contribution is 5.95. The van der Waals surface area contributed by atoms with Crippen LogP contribution >= 0.6 is 0 Å². The minimum absolute atomic E-state index is 0.0238. The summed E-state index contributed by atoms with van der Waals surface area (Å²) in [6, 6.07) is 8.47. The number of carbonyl (C=O) groups is 2. The van der Waals surface area contributed by atoms with Crippen LogP contribution in [0.25, 0.3) is 0 Å². The molecule has 0 radical (unpaired) electrons. The zero-order valence-electron chi connectivity index (χ0n) is 18.7. The van der Waals surface area contributed by atoms with Crippen molar-refractivity contribution >= 4 is 11.8 Å². The van der Waals surface area contributed by atoms with Crippen LogP contribution in [0.2, 0.25) is 0 Å². The summed E-state index contributed by atoms with van der Waals surface area (Å²) in [4.78, 5) is 28.3. The van der Waals surface area contributed by atoms with Crippen LogP contribution in [0.1, 0.15) is 35.2 Å². The zero-order chi connectivity index (χ0) is 23.7. The molecule has 2 unspecified atom stereocenters.